The van der Waals surface area contributed by atoms with Crippen LogP contribution in [0.25, 0.3) is 0 Å². The Morgan fingerprint density at radius 2 is 1.72 bits per heavy atom. The van der Waals surface area contributed by atoms with Crippen LogP contribution < -0.4 is 11.5 Å². The molecule has 0 unspecified atom stereocenters. The smallest absolute Gasteiger partial charge is 0.217 e. The van der Waals surface area contributed by atoms with E-state index >= 15 is 0 Å². The van der Waals surface area contributed by atoms with Crippen molar-refractivity contribution in [3.8, 4) is 0 Å². The number of hydrogen-bond acceptors (Lipinski definition) is 2. The summed E-state index contributed by atoms with van der Waals surface area (Å²) in [6.45, 7) is 0.603. The van der Waals surface area contributed by atoms with Crippen LogP contribution in [0.2, 0.25) is 0 Å². The highest BCUT2D eigenvalue weighted by atomic mass is 16.1. The van der Waals surface area contributed by atoms with Crippen molar-refractivity contribution in [3.05, 3.63) is 35.4 Å². The zero-order chi connectivity index (χ0) is 13.0. The minimum Gasteiger partial charge on any atom is -0.370 e. The largest absolute Gasteiger partial charge is 0.370 e. The molecule has 1 fully saturated rings. The van der Waals surface area contributed by atoms with Gasteiger partial charge in [-0.25, -0.2) is 0 Å². The second-order valence-corrected chi connectivity index (χ2v) is 5.33. The van der Waals surface area contributed by atoms with Gasteiger partial charge in [-0.1, -0.05) is 24.3 Å². The van der Waals surface area contributed by atoms with E-state index in [1.807, 2.05) is 0 Å². The van der Waals surface area contributed by atoms with Gasteiger partial charge in [0, 0.05) is 13.0 Å². The second-order valence-electron chi connectivity index (χ2n) is 5.33. The lowest BCUT2D eigenvalue weighted by molar-refractivity contribution is -0.119. The van der Waals surface area contributed by atoms with E-state index < -0.39 is 0 Å². The molecule has 98 valence electrons. The van der Waals surface area contributed by atoms with Crippen molar-refractivity contribution in [2.75, 3.05) is 0 Å². The Morgan fingerprint density at radius 3 is 2.22 bits per heavy atom. The molecule has 0 radical (unpaired) electrons. The quantitative estimate of drug-likeness (QED) is 0.855. The fraction of sp³-hybridized carbons (Fsp3) is 0.533. The SMILES string of the molecule is NCc1ccc(C2CCC(CC(N)=O)CC2)cc1. The lowest BCUT2D eigenvalue weighted by Gasteiger charge is -2.28. The molecule has 1 aromatic rings. The van der Waals surface area contributed by atoms with Crippen LogP contribution in [0, 0.1) is 5.92 Å². The number of primary amides is 1. The maximum absolute atomic E-state index is 10.9. The lowest BCUT2D eigenvalue weighted by Crippen LogP contribution is -2.20. The van der Waals surface area contributed by atoms with Crippen molar-refractivity contribution >= 4 is 5.91 Å². The first-order valence-electron chi connectivity index (χ1n) is 6.76. The van der Waals surface area contributed by atoms with Crippen molar-refractivity contribution in [1.82, 2.24) is 0 Å². The molecule has 18 heavy (non-hydrogen) atoms. The second kappa shape index (κ2) is 6.01. The van der Waals surface area contributed by atoms with E-state index in [1.165, 1.54) is 24.0 Å². The minimum atomic E-state index is -0.161. The van der Waals surface area contributed by atoms with Gasteiger partial charge in [-0.2, -0.15) is 0 Å². The summed E-state index contributed by atoms with van der Waals surface area (Å²) in [5.74, 6) is 0.980. The molecule has 0 aliphatic heterocycles. The Balaban J connectivity index is 1.90. The number of carbonyl (C=O) groups is 1. The summed E-state index contributed by atoms with van der Waals surface area (Å²) in [6.07, 6.45) is 5.12. The molecule has 0 bridgehead atoms. The summed E-state index contributed by atoms with van der Waals surface area (Å²) >= 11 is 0. The molecule has 3 nitrogen and oxygen atoms in total. The first kappa shape index (κ1) is 13.1. The number of rotatable bonds is 4. The summed E-state index contributed by atoms with van der Waals surface area (Å²) in [5.41, 5.74) is 13.4. The van der Waals surface area contributed by atoms with Crippen LogP contribution in [-0.4, -0.2) is 5.91 Å². The molecule has 1 saturated carbocycles. The number of nitrogens with two attached hydrogens (primary N) is 2. The van der Waals surface area contributed by atoms with Gasteiger partial charge in [0.1, 0.15) is 0 Å². The molecular formula is C15H22N2O. The number of benzene rings is 1. The standard InChI is InChI=1S/C15H22N2O/c16-10-12-3-7-14(8-4-12)13-5-1-11(2-6-13)9-15(17)18/h3-4,7-8,11,13H,1-2,5-6,9-10,16H2,(H2,17,18). The average Bonchev–Trinajstić information content (AvgIpc) is 2.39. The van der Waals surface area contributed by atoms with E-state index in [-0.39, 0.29) is 5.91 Å². The fourth-order valence-corrected chi connectivity index (χ4v) is 2.91. The predicted molar refractivity (Wildman–Crippen MR) is 72.8 cm³/mol. The van der Waals surface area contributed by atoms with Gasteiger partial charge in [-0.3, -0.25) is 4.79 Å². The summed E-state index contributed by atoms with van der Waals surface area (Å²) in [4.78, 5) is 10.9. The summed E-state index contributed by atoms with van der Waals surface area (Å²) in [7, 11) is 0. The summed E-state index contributed by atoms with van der Waals surface area (Å²) < 4.78 is 0. The maximum Gasteiger partial charge on any atom is 0.217 e. The van der Waals surface area contributed by atoms with Crippen molar-refractivity contribution in [2.45, 2.75) is 44.6 Å². The first-order chi connectivity index (χ1) is 8.69. The van der Waals surface area contributed by atoms with Crippen LogP contribution >= 0.6 is 0 Å². The molecule has 3 heteroatoms. The Kier molecular flexibility index (Phi) is 4.37. The van der Waals surface area contributed by atoms with Crippen molar-refractivity contribution in [2.24, 2.45) is 17.4 Å². The summed E-state index contributed by atoms with van der Waals surface area (Å²) in [6, 6.07) is 8.62. The molecule has 0 saturated heterocycles. The highest BCUT2D eigenvalue weighted by Gasteiger charge is 2.23. The van der Waals surface area contributed by atoms with Crippen LogP contribution in [0.4, 0.5) is 0 Å². The Morgan fingerprint density at radius 1 is 1.11 bits per heavy atom. The van der Waals surface area contributed by atoms with E-state index in [2.05, 4.69) is 24.3 Å². The predicted octanol–water partition coefficient (Wildman–Crippen LogP) is 2.29. The van der Waals surface area contributed by atoms with E-state index in [0.29, 0.717) is 24.8 Å². The molecule has 0 aromatic heterocycles. The third-order valence-corrected chi connectivity index (χ3v) is 4.02. The molecule has 0 atom stereocenters. The molecule has 0 spiro atoms. The van der Waals surface area contributed by atoms with Gasteiger partial charge in [0.2, 0.25) is 5.91 Å². The highest BCUT2D eigenvalue weighted by Crippen LogP contribution is 2.36. The fourth-order valence-electron chi connectivity index (χ4n) is 2.91. The van der Waals surface area contributed by atoms with Gasteiger partial charge in [0.15, 0.2) is 0 Å². The van der Waals surface area contributed by atoms with Crippen LogP contribution in [0.5, 0.6) is 0 Å². The molecule has 1 amide bonds. The Bertz CT molecular complexity index is 391. The highest BCUT2D eigenvalue weighted by molar-refractivity contribution is 5.73. The number of amides is 1. The third kappa shape index (κ3) is 3.33. The number of hydrogen-bond donors (Lipinski definition) is 2. The van der Waals surface area contributed by atoms with Crippen molar-refractivity contribution in [3.63, 3.8) is 0 Å². The van der Waals surface area contributed by atoms with Gasteiger partial charge >= 0.3 is 0 Å². The third-order valence-electron chi connectivity index (χ3n) is 4.02. The van der Waals surface area contributed by atoms with E-state index in [1.54, 1.807) is 0 Å². The normalized spacial score (nSPS) is 23.8. The van der Waals surface area contributed by atoms with Crippen LogP contribution in [0.3, 0.4) is 0 Å². The zero-order valence-corrected chi connectivity index (χ0v) is 10.8. The van der Waals surface area contributed by atoms with Gasteiger partial charge in [0.25, 0.3) is 0 Å². The van der Waals surface area contributed by atoms with Crippen LogP contribution in [0.15, 0.2) is 24.3 Å². The van der Waals surface area contributed by atoms with E-state index in [4.69, 9.17) is 11.5 Å². The van der Waals surface area contributed by atoms with Crippen molar-refractivity contribution < 1.29 is 4.79 Å². The minimum absolute atomic E-state index is 0.161. The topological polar surface area (TPSA) is 69.1 Å². The molecule has 1 aliphatic rings. The molecular weight excluding hydrogens is 224 g/mol. The van der Waals surface area contributed by atoms with Crippen molar-refractivity contribution in [1.29, 1.82) is 0 Å². The van der Waals surface area contributed by atoms with Gasteiger partial charge in [-0.05, 0) is 48.6 Å². The van der Waals surface area contributed by atoms with Gasteiger partial charge in [0.05, 0.1) is 0 Å². The zero-order valence-electron chi connectivity index (χ0n) is 10.8. The monoisotopic (exact) mass is 246 g/mol. The Labute approximate surface area is 109 Å². The lowest BCUT2D eigenvalue weighted by atomic mass is 9.77. The van der Waals surface area contributed by atoms with Gasteiger partial charge in [-0.15, -0.1) is 0 Å². The molecule has 1 aliphatic carbocycles. The van der Waals surface area contributed by atoms with Crippen LogP contribution in [-0.2, 0) is 11.3 Å². The molecule has 4 N–H and O–H groups in total. The van der Waals surface area contributed by atoms with Gasteiger partial charge < -0.3 is 11.5 Å². The molecule has 2 rings (SSSR count). The van der Waals surface area contributed by atoms with E-state index in [9.17, 15) is 4.79 Å². The maximum atomic E-state index is 10.9. The molecule has 0 heterocycles. The summed E-state index contributed by atoms with van der Waals surface area (Å²) in [5, 5.41) is 0. The number of carbonyl (C=O) groups excluding carboxylic acids is 1. The molecule has 1 aromatic carbocycles. The Hall–Kier alpha value is -1.35. The first-order valence-corrected chi connectivity index (χ1v) is 6.76. The van der Waals surface area contributed by atoms with Crippen LogP contribution in [0.1, 0.15) is 49.1 Å². The van der Waals surface area contributed by atoms with E-state index in [0.717, 1.165) is 12.8 Å². The average molecular weight is 246 g/mol.